The average Bonchev–Trinajstić information content (AvgIpc) is 3.93. The minimum atomic E-state index is -4.48. The Kier molecular flexibility index (Phi) is 16.1. The number of azo groups is 2. The summed E-state index contributed by atoms with van der Waals surface area (Å²) in [5, 5.41) is 45.8. The van der Waals surface area contributed by atoms with E-state index in [1.54, 1.807) is 44.2 Å². The van der Waals surface area contributed by atoms with E-state index in [2.05, 4.69) is 56.9 Å². The number of nitrogens with zero attached hydrogens (tertiary/aromatic N) is 12. The van der Waals surface area contributed by atoms with E-state index in [1.165, 1.54) is 28.7 Å². The minimum absolute atomic E-state index is 0.0640. The van der Waals surface area contributed by atoms with Gasteiger partial charge in [-0.15, -0.1) is 20.5 Å². The van der Waals surface area contributed by atoms with E-state index in [-0.39, 0.29) is 54.2 Å². The number of benzene rings is 4. The van der Waals surface area contributed by atoms with E-state index in [1.807, 2.05) is 58.9 Å². The summed E-state index contributed by atoms with van der Waals surface area (Å²) in [5.74, 6) is 1.37. The fraction of sp³-hybridized carbons (Fsp3) is 0.356. The number of hydrogen-bond acceptors (Lipinski definition) is 22. The summed E-state index contributed by atoms with van der Waals surface area (Å²) in [4.78, 5) is 29.2. The second-order valence-corrected chi connectivity index (χ2v) is 18.7. The van der Waals surface area contributed by atoms with E-state index >= 15 is 0 Å². The summed E-state index contributed by atoms with van der Waals surface area (Å²) in [5.41, 5.74) is 5.74. The minimum Gasteiger partial charge on any atom is -0.494 e. The number of aliphatic hydroxyl groups is 2. The SMILES string of the molecule is CCN(CC)c1cc(Nc2nc(Nc3cc(N(CC)CC)c(OC)cc3N=Nc3nc4cc(S(=O)(=O)O)c(C)cc4s3)nc(N(CCO)CCO)n2)c(N=Nc2nc3ccc(C)cc3s2)cc1OC. The van der Waals surface area contributed by atoms with Gasteiger partial charge in [0, 0.05) is 51.4 Å². The number of fused-ring (bicyclic) bond motifs is 2. The van der Waals surface area contributed by atoms with Crippen molar-refractivity contribution in [1.29, 1.82) is 0 Å². The number of thiazole rings is 2. The molecule has 0 aliphatic rings. The Morgan fingerprint density at radius 3 is 1.58 bits per heavy atom. The molecule has 0 bridgehead atoms. The largest absolute Gasteiger partial charge is 0.494 e. The van der Waals surface area contributed by atoms with Crippen LogP contribution in [0.25, 0.3) is 20.4 Å². The van der Waals surface area contributed by atoms with Crippen molar-refractivity contribution in [3.8, 4) is 11.5 Å². The summed E-state index contributed by atoms with van der Waals surface area (Å²) in [6.45, 7) is 14.1. The van der Waals surface area contributed by atoms with Gasteiger partial charge in [0.15, 0.2) is 0 Å². The number of rotatable bonds is 22. The number of aryl methyl sites for hydroxylation is 2. The topological polar surface area (TPSA) is 261 Å². The molecule has 21 nitrogen and oxygen atoms in total. The Morgan fingerprint density at radius 1 is 0.623 bits per heavy atom. The van der Waals surface area contributed by atoms with Crippen LogP contribution in [0.5, 0.6) is 11.5 Å². The van der Waals surface area contributed by atoms with Crippen molar-refractivity contribution >= 4 is 115 Å². The van der Waals surface area contributed by atoms with Gasteiger partial charge in [-0.25, -0.2) is 9.97 Å². The fourth-order valence-electron chi connectivity index (χ4n) is 7.46. The normalized spacial score (nSPS) is 11.9. The van der Waals surface area contributed by atoms with E-state index in [4.69, 9.17) is 24.4 Å². The standard InChI is InChI=1S/C45H54N14O7S3/c1-9-57(10-2)34-21-29(31(23-36(34)65-7)53-55-44-48-28-14-13-26(5)19-38(28)67-44)46-41-50-42(52-43(51-41)59(15-17-60)16-18-61)47-30-22-35(58(11-3)12-4)37(66-8)24-32(30)54-56-45-49-33-25-40(69(62,63)64)27(6)20-39(33)68-45/h13-14,19-25,60-61H,9-12,15-18H2,1-8H3,(H,62,63,64)(H2,46,47,50,51,52). The lowest BCUT2D eigenvalue weighted by Crippen LogP contribution is -2.31. The first kappa shape index (κ1) is 50.2. The zero-order chi connectivity index (χ0) is 49.4. The molecule has 7 rings (SSSR count). The van der Waals surface area contributed by atoms with Crippen LogP contribution in [0.4, 0.5) is 62.2 Å². The third-order valence-corrected chi connectivity index (χ3v) is 13.7. The summed E-state index contributed by atoms with van der Waals surface area (Å²) >= 11 is 2.61. The van der Waals surface area contributed by atoms with E-state index in [0.29, 0.717) is 81.3 Å². The lowest BCUT2D eigenvalue weighted by molar-refractivity contribution is 0.280. The predicted octanol–water partition coefficient (Wildman–Crippen LogP) is 9.77. The van der Waals surface area contributed by atoms with Crippen molar-refractivity contribution in [2.45, 2.75) is 46.4 Å². The smallest absolute Gasteiger partial charge is 0.294 e. The molecule has 5 N–H and O–H groups in total. The highest BCUT2D eigenvalue weighted by atomic mass is 32.2. The van der Waals surface area contributed by atoms with Crippen LogP contribution in [0.3, 0.4) is 0 Å². The summed E-state index contributed by atoms with van der Waals surface area (Å²) in [7, 11) is -1.32. The molecule has 4 aromatic carbocycles. The van der Waals surface area contributed by atoms with Crippen molar-refractivity contribution in [2.75, 3.05) is 92.0 Å². The molecular formula is C45H54N14O7S3. The van der Waals surface area contributed by atoms with Gasteiger partial charge in [-0.1, -0.05) is 28.7 Å². The number of nitrogens with one attached hydrogen (secondary N) is 2. The molecule has 0 saturated carbocycles. The molecule has 3 heterocycles. The number of methoxy groups -OCH3 is 2. The maximum Gasteiger partial charge on any atom is 0.294 e. The molecule has 0 unspecified atom stereocenters. The monoisotopic (exact) mass is 998 g/mol. The Morgan fingerprint density at radius 2 is 1.12 bits per heavy atom. The van der Waals surface area contributed by atoms with Gasteiger partial charge in [-0.05, 0) is 89.1 Å². The highest BCUT2D eigenvalue weighted by molar-refractivity contribution is 7.85. The van der Waals surface area contributed by atoms with Gasteiger partial charge < -0.3 is 45.0 Å². The van der Waals surface area contributed by atoms with Gasteiger partial charge in [0.1, 0.15) is 22.9 Å². The van der Waals surface area contributed by atoms with Crippen molar-refractivity contribution in [1.82, 2.24) is 24.9 Å². The van der Waals surface area contributed by atoms with Gasteiger partial charge in [0.25, 0.3) is 10.1 Å². The molecule has 3 aromatic heterocycles. The van der Waals surface area contributed by atoms with Gasteiger partial charge in [0.05, 0.1) is 75.5 Å². The second-order valence-electron chi connectivity index (χ2n) is 15.3. The van der Waals surface area contributed by atoms with E-state index in [9.17, 15) is 23.2 Å². The number of ether oxygens (including phenoxy) is 2. The Hall–Kier alpha value is -6.70. The fourth-order valence-corrected chi connectivity index (χ4v) is 9.94. The highest BCUT2D eigenvalue weighted by Crippen LogP contribution is 2.43. The van der Waals surface area contributed by atoms with Gasteiger partial charge >= 0.3 is 0 Å². The lowest BCUT2D eigenvalue weighted by atomic mass is 10.2. The number of anilines is 7. The molecule has 24 heteroatoms. The van der Waals surface area contributed by atoms with Crippen molar-refractivity contribution in [3.05, 3.63) is 65.7 Å². The first-order chi connectivity index (χ1) is 33.2. The molecule has 69 heavy (non-hydrogen) atoms. The zero-order valence-corrected chi connectivity index (χ0v) is 41.9. The molecule has 0 radical (unpaired) electrons. The van der Waals surface area contributed by atoms with Gasteiger partial charge in [-0.3, -0.25) is 4.55 Å². The maximum absolute atomic E-state index is 12.0. The molecule has 0 fully saturated rings. The molecular weight excluding hydrogens is 945 g/mol. The molecule has 0 atom stereocenters. The first-order valence-electron chi connectivity index (χ1n) is 22.0. The van der Waals surface area contributed by atoms with Crippen LogP contribution in [-0.4, -0.2) is 115 Å². The third kappa shape index (κ3) is 11.6. The quantitative estimate of drug-likeness (QED) is 0.0312. The maximum atomic E-state index is 12.0. The molecule has 0 aliphatic carbocycles. The van der Waals surface area contributed by atoms with Crippen LogP contribution in [0, 0.1) is 13.8 Å². The van der Waals surface area contributed by atoms with Crippen molar-refractivity contribution in [3.63, 3.8) is 0 Å². The van der Waals surface area contributed by atoms with Crippen LogP contribution in [0.1, 0.15) is 38.8 Å². The lowest BCUT2D eigenvalue weighted by Gasteiger charge is -2.25. The molecule has 0 saturated heterocycles. The average molecular weight is 999 g/mol. The Labute approximate surface area is 407 Å². The Balaban J connectivity index is 1.35. The van der Waals surface area contributed by atoms with Gasteiger partial charge in [-0.2, -0.15) is 23.4 Å². The number of aromatic nitrogens is 5. The molecule has 7 aromatic rings. The predicted molar refractivity (Wildman–Crippen MR) is 273 cm³/mol. The summed E-state index contributed by atoms with van der Waals surface area (Å²) in [6, 6.07) is 16.2. The summed E-state index contributed by atoms with van der Waals surface area (Å²) in [6.07, 6.45) is 0. The van der Waals surface area contributed by atoms with Crippen LogP contribution < -0.4 is 34.8 Å². The zero-order valence-electron chi connectivity index (χ0n) is 39.4. The van der Waals surface area contributed by atoms with Crippen LogP contribution in [0.15, 0.2) is 79.9 Å². The summed E-state index contributed by atoms with van der Waals surface area (Å²) < 4.78 is 47.2. The van der Waals surface area contributed by atoms with Gasteiger partial charge in [0.2, 0.25) is 28.1 Å². The van der Waals surface area contributed by atoms with E-state index in [0.717, 1.165) is 27.2 Å². The molecule has 0 amide bonds. The van der Waals surface area contributed by atoms with Crippen LogP contribution in [-0.2, 0) is 10.1 Å². The second kappa shape index (κ2) is 22.2. The molecule has 364 valence electrons. The Bertz CT molecular complexity index is 3110. The number of aliphatic hydroxyl groups excluding tert-OH is 2. The first-order valence-corrected chi connectivity index (χ1v) is 25.1. The molecule has 0 spiro atoms. The van der Waals surface area contributed by atoms with E-state index < -0.39 is 10.1 Å². The van der Waals surface area contributed by atoms with Crippen LogP contribution >= 0.6 is 22.7 Å². The highest BCUT2D eigenvalue weighted by Gasteiger charge is 2.22. The number of hydrogen-bond donors (Lipinski definition) is 5. The van der Waals surface area contributed by atoms with Crippen LogP contribution in [0.2, 0.25) is 0 Å². The third-order valence-electron chi connectivity index (χ3n) is 10.9. The van der Waals surface area contributed by atoms with Crippen molar-refractivity contribution in [2.24, 2.45) is 20.5 Å². The van der Waals surface area contributed by atoms with Crippen molar-refractivity contribution < 1.29 is 32.7 Å². The molecule has 0 aliphatic heterocycles.